The standard InChI is InChI=1S/C27H31N3O3S.C2HF3O2/c1-20-18-30(13-12-28-20)19-22-7-4-9-24(15-22)23-8-3-6-21(14-23)17-29-27(31)25-10-5-11-26(16-25)34(2,32)33;3-2(4,5)1(6)7/h3-11,14-16,20,28H,12-13,17-19H2,1-2H3,(H,29,31);(H,6,7). The monoisotopic (exact) mass is 591 g/mol. The van der Waals surface area contributed by atoms with Crippen LogP contribution in [0.1, 0.15) is 28.4 Å². The van der Waals surface area contributed by atoms with Crippen LogP contribution < -0.4 is 10.6 Å². The van der Waals surface area contributed by atoms with Crippen LogP contribution in [0.4, 0.5) is 13.2 Å². The lowest BCUT2D eigenvalue weighted by atomic mass is 10.0. The summed E-state index contributed by atoms with van der Waals surface area (Å²) in [4.78, 5) is 24.1. The van der Waals surface area contributed by atoms with Crippen LogP contribution in [0.25, 0.3) is 11.1 Å². The van der Waals surface area contributed by atoms with E-state index < -0.39 is 22.0 Å². The number of hydrogen-bond acceptors (Lipinski definition) is 6. The molecule has 0 bridgehead atoms. The van der Waals surface area contributed by atoms with Gasteiger partial charge in [-0.15, -0.1) is 0 Å². The zero-order valence-electron chi connectivity index (χ0n) is 22.6. The van der Waals surface area contributed by atoms with E-state index in [9.17, 15) is 26.4 Å². The Bertz CT molecular complexity index is 1480. The van der Waals surface area contributed by atoms with E-state index in [1.165, 1.54) is 17.7 Å². The molecule has 4 rings (SSSR count). The van der Waals surface area contributed by atoms with Crippen molar-refractivity contribution in [2.24, 2.45) is 0 Å². The Hall–Kier alpha value is -3.74. The summed E-state index contributed by atoms with van der Waals surface area (Å²) in [5.41, 5.74) is 4.84. The van der Waals surface area contributed by atoms with Gasteiger partial charge < -0.3 is 15.7 Å². The number of carbonyl (C=O) groups excluding carboxylic acids is 1. The van der Waals surface area contributed by atoms with Gasteiger partial charge in [-0.25, -0.2) is 13.2 Å². The smallest absolute Gasteiger partial charge is 0.475 e. The summed E-state index contributed by atoms with van der Waals surface area (Å²) in [7, 11) is -3.36. The molecule has 1 fully saturated rings. The minimum Gasteiger partial charge on any atom is -0.475 e. The van der Waals surface area contributed by atoms with Crippen molar-refractivity contribution in [3.63, 3.8) is 0 Å². The Morgan fingerprint density at radius 3 is 2.17 bits per heavy atom. The number of nitrogens with one attached hydrogen (secondary N) is 2. The predicted octanol–water partition coefficient (Wildman–Crippen LogP) is 4.11. The topological polar surface area (TPSA) is 116 Å². The maximum atomic E-state index is 12.6. The van der Waals surface area contributed by atoms with Gasteiger partial charge in [0.25, 0.3) is 5.91 Å². The fourth-order valence-corrected chi connectivity index (χ4v) is 4.94. The molecular formula is C29H32F3N3O5S. The van der Waals surface area contributed by atoms with Gasteiger partial charge in [0.1, 0.15) is 0 Å². The highest BCUT2D eigenvalue weighted by molar-refractivity contribution is 7.90. The molecule has 41 heavy (non-hydrogen) atoms. The Kier molecular flexibility index (Phi) is 10.7. The summed E-state index contributed by atoms with van der Waals surface area (Å²) in [5, 5.41) is 13.5. The third kappa shape index (κ3) is 9.99. The third-order valence-corrected chi connectivity index (χ3v) is 7.38. The summed E-state index contributed by atoms with van der Waals surface area (Å²) in [6.45, 7) is 6.63. The van der Waals surface area contributed by atoms with Gasteiger partial charge in [-0.2, -0.15) is 13.2 Å². The van der Waals surface area contributed by atoms with Crippen LogP contribution >= 0.6 is 0 Å². The number of halogens is 3. The molecule has 0 aromatic heterocycles. The van der Waals surface area contributed by atoms with Gasteiger partial charge >= 0.3 is 12.1 Å². The van der Waals surface area contributed by atoms with E-state index in [2.05, 4.69) is 58.9 Å². The number of sulfone groups is 1. The number of amides is 1. The molecule has 1 atom stereocenters. The molecule has 1 aliphatic heterocycles. The second-order valence-electron chi connectivity index (χ2n) is 9.78. The first-order chi connectivity index (χ1) is 19.2. The lowest BCUT2D eigenvalue weighted by Crippen LogP contribution is -2.48. The van der Waals surface area contributed by atoms with Crippen molar-refractivity contribution >= 4 is 21.7 Å². The summed E-state index contributed by atoms with van der Waals surface area (Å²) in [5.74, 6) is -3.06. The quantitative estimate of drug-likeness (QED) is 0.379. The Balaban J connectivity index is 0.000000587. The fraction of sp³-hybridized carbons (Fsp3) is 0.310. The maximum absolute atomic E-state index is 12.6. The SMILES string of the molecule is CC1CN(Cc2cccc(-c3cccc(CNC(=O)c4cccc(S(C)(=O)=O)c4)c3)c2)CCN1.O=C(O)C(F)(F)F. The van der Waals surface area contributed by atoms with E-state index in [1.54, 1.807) is 12.1 Å². The number of benzene rings is 3. The minimum atomic E-state index is -5.08. The second kappa shape index (κ2) is 13.7. The van der Waals surface area contributed by atoms with Crippen molar-refractivity contribution < 1.29 is 36.3 Å². The Morgan fingerprint density at radius 2 is 1.59 bits per heavy atom. The first-order valence-electron chi connectivity index (χ1n) is 12.7. The van der Waals surface area contributed by atoms with Crippen LogP contribution in [0.5, 0.6) is 0 Å². The van der Waals surface area contributed by atoms with Crippen molar-refractivity contribution in [3.8, 4) is 11.1 Å². The second-order valence-corrected chi connectivity index (χ2v) is 11.8. The highest BCUT2D eigenvalue weighted by Gasteiger charge is 2.38. The van der Waals surface area contributed by atoms with E-state index in [0.717, 1.165) is 49.1 Å². The molecule has 220 valence electrons. The van der Waals surface area contributed by atoms with Gasteiger partial charge in [-0.1, -0.05) is 42.5 Å². The molecule has 1 unspecified atom stereocenters. The first-order valence-corrected chi connectivity index (χ1v) is 14.6. The van der Waals surface area contributed by atoms with E-state index in [-0.39, 0.29) is 10.8 Å². The number of hydrogen-bond donors (Lipinski definition) is 3. The van der Waals surface area contributed by atoms with Crippen molar-refractivity contribution in [1.29, 1.82) is 0 Å². The molecule has 3 aromatic carbocycles. The molecule has 0 radical (unpaired) electrons. The van der Waals surface area contributed by atoms with Crippen molar-refractivity contribution in [3.05, 3.63) is 89.5 Å². The first kappa shape index (κ1) is 31.8. The molecule has 3 N–H and O–H groups in total. The molecule has 3 aromatic rings. The molecule has 0 spiro atoms. The number of rotatable bonds is 7. The van der Waals surface area contributed by atoms with Gasteiger partial charge in [-0.05, 0) is 59.5 Å². The number of carboxylic acids is 1. The summed E-state index contributed by atoms with van der Waals surface area (Å²) in [6.07, 6.45) is -3.95. The van der Waals surface area contributed by atoms with Crippen LogP contribution in [-0.4, -0.2) is 68.4 Å². The van der Waals surface area contributed by atoms with Crippen LogP contribution in [0.3, 0.4) is 0 Å². The van der Waals surface area contributed by atoms with E-state index >= 15 is 0 Å². The number of carbonyl (C=O) groups is 2. The van der Waals surface area contributed by atoms with E-state index in [1.807, 2.05) is 12.1 Å². The number of carboxylic acid groups (broad SMARTS) is 1. The largest absolute Gasteiger partial charge is 0.490 e. The van der Waals surface area contributed by atoms with Gasteiger partial charge in [-0.3, -0.25) is 9.69 Å². The van der Waals surface area contributed by atoms with Gasteiger partial charge in [0.2, 0.25) is 0 Å². The number of nitrogens with zero attached hydrogens (tertiary/aromatic N) is 1. The number of alkyl halides is 3. The molecule has 0 aliphatic carbocycles. The molecule has 1 aliphatic rings. The molecule has 8 nitrogen and oxygen atoms in total. The third-order valence-electron chi connectivity index (χ3n) is 6.27. The average Bonchev–Trinajstić information content (AvgIpc) is 2.91. The van der Waals surface area contributed by atoms with Crippen LogP contribution in [-0.2, 0) is 27.7 Å². The highest BCUT2D eigenvalue weighted by Crippen LogP contribution is 2.23. The van der Waals surface area contributed by atoms with Crippen LogP contribution in [0.2, 0.25) is 0 Å². The maximum Gasteiger partial charge on any atom is 0.490 e. The minimum absolute atomic E-state index is 0.136. The van der Waals surface area contributed by atoms with Crippen molar-refractivity contribution in [1.82, 2.24) is 15.5 Å². The summed E-state index contributed by atoms with van der Waals surface area (Å²) < 4.78 is 55.3. The Morgan fingerprint density at radius 1 is 1.00 bits per heavy atom. The normalized spacial score (nSPS) is 15.9. The average molecular weight is 592 g/mol. The van der Waals surface area contributed by atoms with Crippen LogP contribution in [0, 0.1) is 0 Å². The van der Waals surface area contributed by atoms with Crippen molar-refractivity contribution in [2.75, 3.05) is 25.9 Å². The lowest BCUT2D eigenvalue weighted by molar-refractivity contribution is -0.192. The van der Waals surface area contributed by atoms with Gasteiger partial charge in [0.15, 0.2) is 9.84 Å². The van der Waals surface area contributed by atoms with Crippen LogP contribution in [0.15, 0.2) is 77.7 Å². The summed E-state index contributed by atoms with van der Waals surface area (Å²) >= 11 is 0. The molecular weight excluding hydrogens is 559 g/mol. The summed E-state index contributed by atoms with van der Waals surface area (Å²) in [6, 6.07) is 23.4. The molecule has 1 saturated heterocycles. The lowest BCUT2D eigenvalue weighted by Gasteiger charge is -2.31. The Labute approximate surface area is 237 Å². The molecule has 1 heterocycles. The fourth-order valence-electron chi connectivity index (χ4n) is 4.28. The highest BCUT2D eigenvalue weighted by atomic mass is 32.2. The molecule has 0 saturated carbocycles. The van der Waals surface area contributed by atoms with Crippen molar-refractivity contribution in [2.45, 2.75) is 37.1 Å². The zero-order chi connectivity index (χ0) is 30.2. The predicted molar refractivity (Wildman–Crippen MR) is 149 cm³/mol. The van der Waals surface area contributed by atoms with E-state index in [4.69, 9.17) is 9.90 Å². The molecule has 1 amide bonds. The van der Waals surface area contributed by atoms with Gasteiger partial charge in [0.05, 0.1) is 4.90 Å². The van der Waals surface area contributed by atoms with Gasteiger partial charge in [0, 0.05) is 50.6 Å². The number of aliphatic carboxylic acids is 1. The zero-order valence-corrected chi connectivity index (χ0v) is 23.4. The van der Waals surface area contributed by atoms with E-state index in [0.29, 0.717) is 18.2 Å². The number of piperazine rings is 1. The molecule has 12 heteroatoms.